The summed E-state index contributed by atoms with van der Waals surface area (Å²) in [7, 11) is 3.92. The molecule has 0 aliphatic rings. The predicted molar refractivity (Wildman–Crippen MR) is 101 cm³/mol. The summed E-state index contributed by atoms with van der Waals surface area (Å²) in [5.74, 6) is -0.878. The van der Waals surface area contributed by atoms with E-state index in [-0.39, 0.29) is 11.5 Å². The summed E-state index contributed by atoms with van der Waals surface area (Å²) in [5, 5.41) is 2.84. The van der Waals surface area contributed by atoms with Gasteiger partial charge in [-0.3, -0.25) is 4.79 Å². The molecule has 0 aliphatic carbocycles. The number of benzene rings is 2. The molecule has 1 aromatic heterocycles. The Hall–Kier alpha value is -3.02. The van der Waals surface area contributed by atoms with Crippen molar-refractivity contribution in [1.29, 1.82) is 0 Å². The van der Waals surface area contributed by atoms with E-state index in [9.17, 15) is 9.18 Å². The van der Waals surface area contributed by atoms with Crippen molar-refractivity contribution in [1.82, 2.24) is 15.3 Å². The van der Waals surface area contributed by atoms with E-state index in [1.807, 2.05) is 57.1 Å². The Morgan fingerprint density at radius 3 is 2.58 bits per heavy atom. The van der Waals surface area contributed by atoms with E-state index in [1.165, 1.54) is 12.1 Å². The van der Waals surface area contributed by atoms with Gasteiger partial charge in [-0.25, -0.2) is 14.4 Å². The minimum Gasteiger partial charge on any atom is -0.378 e. The van der Waals surface area contributed by atoms with Gasteiger partial charge in [-0.15, -0.1) is 0 Å². The molecule has 0 bridgehead atoms. The summed E-state index contributed by atoms with van der Waals surface area (Å²) in [6, 6.07) is 10.4. The Morgan fingerprint density at radius 2 is 1.85 bits per heavy atom. The maximum Gasteiger partial charge on any atom is 0.253 e. The number of rotatable bonds is 4. The van der Waals surface area contributed by atoms with Crippen LogP contribution in [0.1, 0.15) is 27.3 Å². The fourth-order valence-corrected chi connectivity index (χ4v) is 2.69. The topological polar surface area (TPSA) is 58.1 Å². The number of amides is 1. The number of hydrogen-bond donors (Lipinski definition) is 1. The molecule has 1 amide bonds. The van der Waals surface area contributed by atoms with Crippen molar-refractivity contribution < 1.29 is 9.18 Å². The average Bonchev–Trinajstić information content (AvgIpc) is 2.60. The molecule has 0 saturated heterocycles. The van der Waals surface area contributed by atoms with Crippen LogP contribution in [-0.2, 0) is 6.54 Å². The van der Waals surface area contributed by atoms with Crippen LogP contribution in [0.5, 0.6) is 0 Å². The van der Waals surface area contributed by atoms with Crippen molar-refractivity contribution >= 4 is 22.6 Å². The summed E-state index contributed by atoms with van der Waals surface area (Å²) in [6.07, 6.45) is 0. The number of hydrogen-bond acceptors (Lipinski definition) is 4. The van der Waals surface area contributed by atoms with Gasteiger partial charge in [0, 0.05) is 32.4 Å². The number of anilines is 1. The van der Waals surface area contributed by atoms with Gasteiger partial charge in [-0.05, 0) is 37.6 Å². The number of aromatic nitrogens is 2. The van der Waals surface area contributed by atoms with Gasteiger partial charge in [-0.1, -0.05) is 12.1 Å². The molecule has 0 spiro atoms. The van der Waals surface area contributed by atoms with E-state index < -0.39 is 5.82 Å². The molecule has 0 aliphatic heterocycles. The fourth-order valence-electron chi connectivity index (χ4n) is 2.69. The van der Waals surface area contributed by atoms with Gasteiger partial charge in [0.1, 0.15) is 11.3 Å². The normalized spacial score (nSPS) is 10.8. The maximum absolute atomic E-state index is 13.9. The highest BCUT2D eigenvalue weighted by Gasteiger charge is 2.15. The van der Waals surface area contributed by atoms with E-state index in [4.69, 9.17) is 0 Å². The van der Waals surface area contributed by atoms with E-state index in [2.05, 4.69) is 15.3 Å². The number of carbonyl (C=O) groups excluding carboxylic acids is 1. The number of fused-ring (bicyclic) bond motifs is 1. The van der Waals surface area contributed by atoms with Gasteiger partial charge in [-0.2, -0.15) is 0 Å². The van der Waals surface area contributed by atoms with Crippen LogP contribution in [0.2, 0.25) is 0 Å². The van der Waals surface area contributed by atoms with E-state index in [0.29, 0.717) is 17.6 Å². The largest absolute Gasteiger partial charge is 0.378 e. The third-order valence-corrected chi connectivity index (χ3v) is 4.27. The van der Waals surface area contributed by atoms with Crippen LogP contribution in [0.4, 0.5) is 10.1 Å². The second-order valence-corrected chi connectivity index (χ2v) is 6.46. The molecule has 1 N–H and O–H groups in total. The lowest BCUT2D eigenvalue weighted by molar-refractivity contribution is 0.0952. The van der Waals surface area contributed by atoms with E-state index in [1.54, 1.807) is 0 Å². The number of carbonyl (C=O) groups is 1. The van der Waals surface area contributed by atoms with Crippen LogP contribution in [-0.4, -0.2) is 30.0 Å². The first-order valence-electron chi connectivity index (χ1n) is 8.34. The second kappa shape index (κ2) is 7.07. The molecule has 2 aromatic carbocycles. The number of nitrogens with one attached hydrogen (secondary N) is 1. The summed E-state index contributed by atoms with van der Waals surface area (Å²) < 4.78 is 13.9. The minimum absolute atomic E-state index is 0.194. The van der Waals surface area contributed by atoms with Gasteiger partial charge < -0.3 is 10.2 Å². The Bertz CT molecular complexity index is 985. The molecule has 5 nitrogen and oxygen atoms in total. The van der Waals surface area contributed by atoms with Gasteiger partial charge >= 0.3 is 0 Å². The first kappa shape index (κ1) is 17.8. The van der Waals surface area contributed by atoms with E-state index in [0.717, 1.165) is 22.6 Å². The van der Waals surface area contributed by atoms with Gasteiger partial charge in [0.15, 0.2) is 0 Å². The molecule has 6 heteroatoms. The maximum atomic E-state index is 13.9. The molecule has 134 valence electrons. The van der Waals surface area contributed by atoms with Crippen molar-refractivity contribution in [3.63, 3.8) is 0 Å². The van der Waals surface area contributed by atoms with Gasteiger partial charge in [0.2, 0.25) is 0 Å². The summed E-state index contributed by atoms with van der Waals surface area (Å²) in [5.41, 5.74) is 4.43. The average molecular weight is 352 g/mol. The zero-order chi connectivity index (χ0) is 18.8. The molecule has 0 fully saturated rings. The van der Waals surface area contributed by atoms with Crippen LogP contribution in [0.25, 0.3) is 11.0 Å². The second-order valence-electron chi connectivity index (χ2n) is 6.46. The molecule has 1 heterocycles. The zero-order valence-corrected chi connectivity index (χ0v) is 15.3. The molecule has 0 unspecified atom stereocenters. The molecule has 3 aromatic rings. The van der Waals surface area contributed by atoms with Crippen LogP contribution < -0.4 is 10.2 Å². The van der Waals surface area contributed by atoms with Crippen molar-refractivity contribution in [3.05, 3.63) is 64.7 Å². The summed E-state index contributed by atoms with van der Waals surface area (Å²) >= 11 is 0. The Labute approximate surface area is 151 Å². The lowest BCUT2D eigenvalue weighted by Gasteiger charge is -2.14. The molecule has 26 heavy (non-hydrogen) atoms. The molecule has 3 rings (SSSR count). The van der Waals surface area contributed by atoms with Crippen LogP contribution >= 0.6 is 0 Å². The summed E-state index contributed by atoms with van der Waals surface area (Å²) in [4.78, 5) is 23.4. The standard InChI is InChI=1S/C20H21FN4O/c1-12-13(2)24-19-17(9-15(21)10-18(19)23-12)20(26)22-11-14-6-5-7-16(8-14)25(3)4/h5-10H,11H2,1-4H3,(H,22,26). The predicted octanol–water partition coefficient (Wildman–Crippen LogP) is 3.38. The highest BCUT2D eigenvalue weighted by molar-refractivity contribution is 6.04. The fraction of sp³-hybridized carbons (Fsp3) is 0.250. The Balaban J connectivity index is 1.88. The van der Waals surface area contributed by atoms with Crippen molar-refractivity contribution in [3.8, 4) is 0 Å². The highest BCUT2D eigenvalue weighted by Crippen LogP contribution is 2.19. The SMILES string of the molecule is Cc1nc2cc(F)cc(C(=O)NCc3cccc(N(C)C)c3)c2nc1C. The third-order valence-electron chi connectivity index (χ3n) is 4.27. The number of nitrogens with zero attached hydrogens (tertiary/aromatic N) is 3. The monoisotopic (exact) mass is 352 g/mol. The Kier molecular flexibility index (Phi) is 4.84. The van der Waals surface area contributed by atoms with E-state index >= 15 is 0 Å². The minimum atomic E-state index is -0.505. The van der Waals surface area contributed by atoms with Crippen LogP contribution in [0, 0.1) is 19.7 Å². The Morgan fingerprint density at radius 1 is 1.12 bits per heavy atom. The lowest BCUT2D eigenvalue weighted by Crippen LogP contribution is -2.24. The smallest absolute Gasteiger partial charge is 0.253 e. The molecule has 0 radical (unpaired) electrons. The van der Waals surface area contributed by atoms with Crippen LogP contribution in [0.15, 0.2) is 36.4 Å². The van der Waals surface area contributed by atoms with Crippen LogP contribution in [0.3, 0.4) is 0 Å². The third kappa shape index (κ3) is 3.64. The zero-order valence-electron chi connectivity index (χ0n) is 15.3. The first-order chi connectivity index (χ1) is 12.3. The molecule has 0 atom stereocenters. The molecular formula is C20H21FN4O. The lowest BCUT2D eigenvalue weighted by atomic mass is 10.1. The number of aryl methyl sites for hydroxylation is 2. The molecule has 0 saturated carbocycles. The quantitative estimate of drug-likeness (QED) is 0.782. The van der Waals surface area contributed by atoms with Crippen molar-refractivity contribution in [2.75, 3.05) is 19.0 Å². The number of halogens is 1. The first-order valence-corrected chi connectivity index (χ1v) is 8.34. The van der Waals surface area contributed by atoms with Crippen molar-refractivity contribution in [2.24, 2.45) is 0 Å². The van der Waals surface area contributed by atoms with Crippen molar-refractivity contribution in [2.45, 2.75) is 20.4 Å². The van der Waals surface area contributed by atoms with Gasteiger partial charge in [0.05, 0.1) is 22.5 Å². The summed E-state index contributed by atoms with van der Waals surface area (Å²) in [6.45, 7) is 3.97. The molecular weight excluding hydrogens is 331 g/mol. The highest BCUT2D eigenvalue weighted by atomic mass is 19.1. The van der Waals surface area contributed by atoms with Gasteiger partial charge in [0.25, 0.3) is 5.91 Å².